The van der Waals surface area contributed by atoms with E-state index in [-0.39, 0.29) is 11.7 Å². The molecule has 0 spiro atoms. The lowest BCUT2D eigenvalue weighted by Gasteiger charge is -2.33. The molecule has 2 saturated heterocycles. The number of halogens is 1. The maximum Gasteiger partial charge on any atom is 0.335 e. The SMILES string of the molecule is CCOc1cc(C(=O)O)cc2c1nc(CN1CCC(c3cccc4c3OC(C)(c3ccc(Cl)cc3OC)O4)CC1)n2C[C@@H]1CCO1. The Morgan fingerprint density at radius 3 is 2.61 bits per heavy atom. The second kappa shape index (κ2) is 12.3. The fraction of sp³-hybridized carbons (Fsp3) is 0.429. The molecule has 0 aliphatic carbocycles. The summed E-state index contributed by atoms with van der Waals surface area (Å²) in [6.07, 6.45) is 2.95. The van der Waals surface area contributed by atoms with E-state index >= 15 is 0 Å². The molecule has 0 radical (unpaired) electrons. The number of aromatic nitrogens is 2. The van der Waals surface area contributed by atoms with E-state index < -0.39 is 11.8 Å². The zero-order valence-electron chi connectivity index (χ0n) is 26.3. The van der Waals surface area contributed by atoms with Crippen LogP contribution >= 0.6 is 11.6 Å². The Kier molecular flexibility index (Phi) is 8.21. The first kappa shape index (κ1) is 30.7. The number of likely N-dealkylation sites (tertiary alicyclic amines) is 1. The Balaban J connectivity index is 1.11. The average molecular weight is 648 g/mol. The van der Waals surface area contributed by atoms with E-state index in [4.69, 9.17) is 40.3 Å². The van der Waals surface area contributed by atoms with E-state index in [2.05, 4.69) is 15.5 Å². The van der Waals surface area contributed by atoms with Crippen molar-refractivity contribution in [3.05, 3.63) is 76.1 Å². The van der Waals surface area contributed by atoms with E-state index in [1.165, 1.54) is 0 Å². The van der Waals surface area contributed by atoms with E-state index in [0.717, 1.165) is 72.9 Å². The van der Waals surface area contributed by atoms with Crippen molar-refractivity contribution in [1.82, 2.24) is 14.5 Å². The average Bonchev–Trinajstić information content (AvgIpc) is 3.56. The largest absolute Gasteiger partial charge is 0.496 e. The number of nitrogens with zero attached hydrogens (tertiary/aromatic N) is 3. The second-order valence-corrected chi connectivity index (χ2v) is 12.7. The summed E-state index contributed by atoms with van der Waals surface area (Å²) in [7, 11) is 1.61. The molecule has 46 heavy (non-hydrogen) atoms. The van der Waals surface area contributed by atoms with Gasteiger partial charge in [-0.15, -0.1) is 0 Å². The van der Waals surface area contributed by atoms with Crippen LogP contribution in [0.1, 0.15) is 66.3 Å². The number of hydrogen-bond acceptors (Lipinski definition) is 8. The van der Waals surface area contributed by atoms with Crippen molar-refractivity contribution in [2.75, 3.05) is 33.4 Å². The van der Waals surface area contributed by atoms with Crippen molar-refractivity contribution in [1.29, 1.82) is 0 Å². The lowest BCUT2D eigenvalue weighted by Crippen LogP contribution is -2.35. The number of aromatic carboxylic acids is 1. The zero-order chi connectivity index (χ0) is 32.0. The molecule has 242 valence electrons. The van der Waals surface area contributed by atoms with Crippen LogP contribution in [0.25, 0.3) is 11.0 Å². The molecule has 1 N–H and O–H groups in total. The summed E-state index contributed by atoms with van der Waals surface area (Å²) in [5, 5.41) is 10.4. The molecule has 4 aromatic rings. The van der Waals surface area contributed by atoms with Crippen LogP contribution in [0, 0.1) is 0 Å². The highest BCUT2D eigenvalue weighted by atomic mass is 35.5. The van der Waals surface area contributed by atoms with Crippen LogP contribution in [0.5, 0.6) is 23.0 Å². The number of piperidine rings is 1. The van der Waals surface area contributed by atoms with Gasteiger partial charge >= 0.3 is 5.97 Å². The number of rotatable bonds is 10. The molecule has 3 aromatic carbocycles. The van der Waals surface area contributed by atoms with Gasteiger partial charge in [0.15, 0.2) is 11.5 Å². The van der Waals surface area contributed by atoms with Crippen LogP contribution in [0.2, 0.25) is 5.02 Å². The van der Waals surface area contributed by atoms with Gasteiger partial charge in [0.2, 0.25) is 0 Å². The topological polar surface area (TPSA) is 105 Å². The highest BCUT2D eigenvalue weighted by Gasteiger charge is 2.43. The molecule has 10 nitrogen and oxygen atoms in total. The molecule has 1 aromatic heterocycles. The Labute approximate surface area is 272 Å². The minimum absolute atomic E-state index is 0.0897. The number of fused-ring (bicyclic) bond motifs is 2. The van der Waals surface area contributed by atoms with Gasteiger partial charge in [-0.2, -0.15) is 0 Å². The Hall–Kier alpha value is -3.99. The van der Waals surface area contributed by atoms with E-state index in [9.17, 15) is 9.90 Å². The van der Waals surface area contributed by atoms with E-state index in [0.29, 0.717) is 47.7 Å². The molecule has 3 aliphatic heterocycles. The van der Waals surface area contributed by atoms with Crippen LogP contribution < -0.4 is 18.9 Å². The van der Waals surface area contributed by atoms with E-state index in [1.807, 2.05) is 38.1 Å². The fourth-order valence-electron chi connectivity index (χ4n) is 6.81. The quantitative estimate of drug-likeness (QED) is 0.204. The summed E-state index contributed by atoms with van der Waals surface area (Å²) in [5.74, 6) is 1.76. The van der Waals surface area contributed by atoms with Gasteiger partial charge in [0.25, 0.3) is 5.79 Å². The molecule has 2 atom stereocenters. The number of carbonyl (C=O) groups is 1. The van der Waals surface area contributed by atoms with Crippen LogP contribution in [0.15, 0.2) is 48.5 Å². The minimum atomic E-state index is -1.04. The van der Waals surface area contributed by atoms with Gasteiger partial charge in [-0.1, -0.05) is 23.7 Å². The molecule has 0 saturated carbocycles. The number of para-hydroxylation sites is 1. The standard InChI is InChI=1S/C35H38ClN3O7/c1-4-43-30-17-22(34(40)41)16-27-32(30)37-31(39(27)19-24-12-15-44-24)20-38-13-10-21(11-14-38)25-6-5-7-28-33(25)46-35(2,45-28)26-9-8-23(36)18-29(26)42-3/h5-9,16-18,21,24H,4,10-15,19-20H2,1-3H3,(H,40,41)/t24-,35?/m0/s1. The highest BCUT2D eigenvalue weighted by molar-refractivity contribution is 6.30. The zero-order valence-corrected chi connectivity index (χ0v) is 27.0. The molecule has 1 unspecified atom stereocenters. The fourth-order valence-corrected chi connectivity index (χ4v) is 6.97. The summed E-state index contributed by atoms with van der Waals surface area (Å²) < 4.78 is 32.4. The normalized spacial score (nSPS) is 21.3. The molecule has 7 rings (SSSR count). The number of methoxy groups -OCH3 is 1. The summed E-state index contributed by atoms with van der Waals surface area (Å²) >= 11 is 6.22. The maximum atomic E-state index is 11.9. The van der Waals surface area contributed by atoms with Crippen LogP contribution in [0.3, 0.4) is 0 Å². The Bertz CT molecular complexity index is 1780. The van der Waals surface area contributed by atoms with Gasteiger partial charge in [0.1, 0.15) is 22.8 Å². The molecule has 2 fully saturated rings. The van der Waals surface area contributed by atoms with Crippen LogP contribution in [-0.4, -0.2) is 65.0 Å². The number of benzene rings is 3. The van der Waals surface area contributed by atoms with Gasteiger partial charge < -0.3 is 33.4 Å². The number of carboxylic acid groups (broad SMARTS) is 1. The van der Waals surface area contributed by atoms with Crippen molar-refractivity contribution in [3.8, 4) is 23.0 Å². The molecule has 11 heteroatoms. The summed E-state index contributed by atoms with van der Waals surface area (Å²) in [4.78, 5) is 19.4. The lowest BCUT2D eigenvalue weighted by molar-refractivity contribution is -0.0700. The summed E-state index contributed by atoms with van der Waals surface area (Å²) in [6, 6.07) is 14.9. The third-order valence-corrected chi connectivity index (χ3v) is 9.52. The molecule has 3 aliphatic rings. The van der Waals surface area contributed by atoms with Crippen molar-refractivity contribution in [2.24, 2.45) is 0 Å². The number of carboxylic acids is 1. The van der Waals surface area contributed by atoms with Gasteiger partial charge in [-0.3, -0.25) is 4.90 Å². The maximum absolute atomic E-state index is 11.9. The molecule has 0 bridgehead atoms. The molecule has 4 heterocycles. The monoisotopic (exact) mass is 647 g/mol. The Morgan fingerprint density at radius 2 is 1.91 bits per heavy atom. The third-order valence-electron chi connectivity index (χ3n) is 9.28. The molecular formula is C35H38ClN3O7. The summed E-state index contributed by atoms with van der Waals surface area (Å²) in [6.45, 7) is 7.97. The number of hydrogen-bond donors (Lipinski definition) is 1. The van der Waals surface area contributed by atoms with Gasteiger partial charge in [0, 0.05) is 24.1 Å². The predicted octanol–water partition coefficient (Wildman–Crippen LogP) is 6.61. The van der Waals surface area contributed by atoms with Crippen molar-refractivity contribution in [3.63, 3.8) is 0 Å². The lowest BCUT2D eigenvalue weighted by atomic mass is 9.88. The molecule has 0 amide bonds. The van der Waals surface area contributed by atoms with Crippen molar-refractivity contribution >= 4 is 28.6 Å². The van der Waals surface area contributed by atoms with Gasteiger partial charge in [0.05, 0.1) is 49.6 Å². The number of imidazole rings is 1. The van der Waals surface area contributed by atoms with Gasteiger partial charge in [-0.05, 0) is 81.6 Å². The minimum Gasteiger partial charge on any atom is -0.496 e. The smallest absolute Gasteiger partial charge is 0.335 e. The van der Waals surface area contributed by atoms with Gasteiger partial charge in [-0.25, -0.2) is 9.78 Å². The highest BCUT2D eigenvalue weighted by Crippen LogP contribution is 2.51. The molecular weight excluding hydrogens is 610 g/mol. The van der Waals surface area contributed by atoms with E-state index in [1.54, 1.807) is 25.3 Å². The first-order valence-corrected chi connectivity index (χ1v) is 16.2. The van der Waals surface area contributed by atoms with Crippen LogP contribution in [0.4, 0.5) is 0 Å². The number of ether oxygens (including phenoxy) is 5. The summed E-state index contributed by atoms with van der Waals surface area (Å²) in [5.41, 5.74) is 3.56. The van der Waals surface area contributed by atoms with Crippen molar-refractivity contribution < 1.29 is 33.6 Å². The first-order valence-electron chi connectivity index (χ1n) is 15.8. The predicted molar refractivity (Wildman–Crippen MR) is 173 cm³/mol. The Morgan fingerprint density at radius 1 is 1.11 bits per heavy atom. The second-order valence-electron chi connectivity index (χ2n) is 12.2. The third kappa shape index (κ3) is 5.63. The van der Waals surface area contributed by atoms with Crippen LogP contribution in [-0.2, 0) is 23.6 Å². The van der Waals surface area contributed by atoms with Crippen molar-refractivity contribution in [2.45, 2.75) is 64.0 Å². The first-order chi connectivity index (χ1) is 22.3.